The molecule has 0 aliphatic carbocycles. The second kappa shape index (κ2) is 6.73. The Morgan fingerprint density at radius 2 is 1.83 bits per heavy atom. The van der Waals surface area contributed by atoms with Crippen LogP contribution in [0.3, 0.4) is 0 Å². The number of aromatic nitrogens is 4. The van der Waals surface area contributed by atoms with Crippen molar-refractivity contribution in [3.63, 3.8) is 0 Å². The van der Waals surface area contributed by atoms with Gasteiger partial charge in [0.2, 0.25) is 0 Å². The largest absolute Gasteiger partial charge is 0.437 e. The van der Waals surface area contributed by atoms with Crippen LogP contribution in [0.2, 0.25) is 0 Å². The molecule has 3 aromatic rings. The van der Waals surface area contributed by atoms with Gasteiger partial charge in [-0.2, -0.15) is 18.3 Å². The molecule has 2 bridgehead atoms. The summed E-state index contributed by atoms with van der Waals surface area (Å²) >= 11 is 0. The fraction of sp³-hybridized carbons (Fsp3) is 0.421. The van der Waals surface area contributed by atoms with E-state index in [-0.39, 0.29) is 11.4 Å². The van der Waals surface area contributed by atoms with Gasteiger partial charge in [0, 0.05) is 38.4 Å². The lowest BCUT2D eigenvalue weighted by Crippen LogP contribution is -2.51. The van der Waals surface area contributed by atoms with Gasteiger partial charge in [-0.15, -0.1) is 5.10 Å². The molecule has 2 aliphatic heterocycles. The van der Waals surface area contributed by atoms with Gasteiger partial charge in [-0.3, -0.25) is 9.48 Å². The zero-order valence-electron chi connectivity index (χ0n) is 16.1. The zero-order valence-corrected chi connectivity index (χ0v) is 16.1. The van der Waals surface area contributed by atoms with Crippen molar-refractivity contribution in [1.29, 1.82) is 0 Å². The van der Waals surface area contributed by atoms with Crippen LogP contribution in [0, 0.1) is 0 Å². The average molecular weight is 419 g/mol. The minimum atomic E-state index is -4.67. The third-order valence-corrected chi connectivity index (χ3v) is 5.61. The van der Waals surface area contributed by atoms with Crippen LogP contribution < -0.4 is 15.5 Å². The van der Waals surface area contributed by atoms with E-state index in [9.17, 15) is 18.0 Å². The van der Waals surface area contributed by atoms with Crippen molar-refractivity contribution in [2.45, 2.75) is 31.1 Å². The first-order valence-electron chi connectivity index (χ1n) is 9.70. The number of amides is 1. The van der Waals surface area contributed by atoms with Crippen molar-refractivity contribution in [2.75, 3.05) is 23.3 Å². The molecule has 158 valence electrons. The molecule has 5 heterocycles. The number of carbonyl (C=O) groups excluding carboxylic acids is 1. The van der Waals surface area contributed by atoms with E-state index in [1.165, 1.54) is 11.6 Å². The number of nitrogens with zero attached hydrogens (tertiary/aromatic N) is 5. The minimum absolute atomic E-state index is 0.155. The van der Waals surface area contributed by atoms with Gasteiger partial charge in [0.25, 0.3) is 5.91 Å². The first kappa shape index (κ1) is 18.9. The monoisotopic (exact) mass is 419 g/mol. The van der Waals surface area contributed by atoms with Crippen molar-refractivity contribution < 1.29 is 18.0 Å². The number of piperazine rings is 1. The highest BCUT2D eigenvalue weighted by Crippen LogP contribution is 2.33. The summed E-state index contributed by atoms with van der Waals surface area (Å²) in [7, 11) is 1.37. The number of rotatable bonds is 3. The van der Waals surface area contributed by atoms with Crippen molar-refractivity contribution in [1.82, 2.24) is 24.7 Å². The van der Waals surface area contributed by atoms with Gasteiger partial charge in [-0.25, -0.2) is 4.52 Å². The van der Waals surface area contributed by atoms with E-state index in [1.807, 2.05) is 12.1 Å². The molecular formula is C19H20F3N7O. The summed E-state index contributed by atoms with van der Waals surface area (Å²) in [5.41, 5.74) is -0.685. The van der Waals surface area contributed by atoms with Crippen LogP contribution in [0.25, 0.3) is 5.52 Å². The molecule has 0 saturated carbocycles. The van der Waals surface area contributed by atoms with Gasteiger partial charge < -0.3 is 15.5 Å². The summed E-state index contributed by atoms with van der Waals surface area (Å²) in [4.78, 5) is 15.0. The molecule has 0 aromatic carbocycles. The van der Waals surface area contributed by atoms with E-state index in [1.54, 1.807) is 12.1 Å². The van der Waals surface area contributed by atoms with E-state index < -0.39 is 17.8 Å². The Morgan fingerprint density at radius 3 is 2.53 bits per heavy atom. The average Bonchev–Trinajstić information content (AvgIpc) is 3.37. The number of aryl methyl sites for hydroxylation is 1. The summed E-state index contributed by atoms with van der Waals surface area (Å²) < 4.78 is 42.0. The lowest BCUT2D eigenvalue weighted by molar-refractivity contribution is -0.140. The predicted molar refractivity (Wildman–Crippen MR) is 104 cm³/mol. The second-order valence-corrected chi connectivity index (χ2v) is 7.81. The summed E-state index contributed by atoms with van der Waals surface area (Å²) in [6.45, 7) is 1.67. The van der Waals surface area contributed by atoms with Crippen molar-refractivity contribution >= 4 is 22.9 Å². The van der Waals surface area contributed by atoms with Gasteiger partial charge in [-0.1, -0.05) is 0 Å². The normalized spacial score (nSPS) is 21.4. The van der Waals surface area contributed by atoms with E-state index >= 15 is 0 Å². The maximum Gasteiger partial charge on any atom is 0.437 e. The quantitative estimate of drug-likeness (QED) is 0.681. The molecule has 0 spiro atoms. The molecule has 2 unspecified atom stereocenters. The molecule has 2 saturated heterocycles. The number of halogens is 3. The van der Waals surface area contributed by atoms with E-state index in [0.29, 0.717) is 17.6 Å². The van der Waals surface area contributed by atoms with Crippen LogP contribution in [0.15, 0.2) is 30.5 Å². The third kappa shape index (κ3) is 3.28. The minimum Gasteiger partial charge on any atom is -0.352 e. The van der Waals surface area contributed by atoms with Crippen LogP contribution in [-0.2, 0) is 13.2 Å². The molecule has 2 aliphatic rings. The smallest absolute Gasteiger partial charge is 0.352 e. The van der Waals surface area contributed by atoms with E-state index in [2.05, 4.69) is 25.7 Å². The van der Waals surface area contributed by atoms with Crippen LogP contribution in [0.1, 0.15) is 29.0 Å². The van der Waals surface area contributed by atoms with E-state index in [4.69, 9.17) is 0 Å². The summed E-state index contributed by atoms with van der Waals surface area (Å²) in [6.07, 6.45) is -1.27. The molecular weight excluding hydrogens is 399 g/mol. The highest BCUT2D eigenvalue weighted by molar-refractivity contribution is 6.04. The zero-order chi connectivity index (χ0) is 21.0. The molecule has 11 heteroatoms. The van der Waals surface area contributed by atoms with Gasteiger partial charge in [0.05, 0.1) is 11.2 Å². The summed E-state index contributed by atoms with van der Waals surface area (Å²) in [5, 5.41) is 13.9. The van der Waals surface area contributed by atoms with E-state index in [0.717, 1.165) is 42.6 Å². The van der Waals surface area contributed by atoms with Gasteiger partial charge in [0.15, 0.2) is 5.69 Å². The second-order valence-electron chi connectivity index (χ2n) is 7.81. The number of hydrogen-bond acceptors (Lipinski definition) is 5. The lowest BCUT2D eigenvalue weighted by Gasteiger charge is -2.33. The van der Waals surface area contributed by atoms with Gasteiger partial charge >= 0.3 is 6.18 Å². The Labute approximate surface area is 169 Å². The number of alkyl halides is 3. The van der Waals surface area contributed by atoms with Crippen LogP contribution in [0.4, 0.5) is 24.7 Å². The number of carbonyl (C=O) groups is 1. The Morgan fingerprint density at radius 1 is 1.13 bits per heavy atom. The predicted octanol–water partition coefficient (Wildman–Crippen LogP) is 2.28. The fourth-order valence-electron chi connectivity index (χ4n) is 4.28. The molecule has 30 heavy (non-hydrogen) atoms. The van der Waals surface area contributed by atoms with Crippen LogP contribution in [-0.4, -0.2) is 50.5 Å². The Kier molecular flexibility index (Phi) is 4.24. The van der Waals surface area contributed by atoms with Crippen molar-refractivity contribution in [3.05, 3.63) is 41.9 Å². The van der Waals surface area contributed by atoms with Crippen molar-refractivity contribution in [2.24, 2.45) is 7.05 Å². The summed E-state index contributed by atoms with van der Waals surface area (Å²) in [6, 6.07) is 7.88. The van der Waals surface area contributed by atoms with Crippen molar-refractivity contribution in [3.8, 4) is 0 Å². The molecule has 2 N–H and O–H groups in total. The molecule has 8 nitrogen and oxygen atoms in total. The first-order chi connectivity index (χ1) is 14.3. The molecule has 5 rings (SSSR count). The Bertz CT molecular complexity index is 1110. The lowest BCUT2D eigenvalue weighted by atomic mass is 10.2. The SMILES string of the molecule is Cn1cc(NC(=O)c2ccc3ccc(N4CC5CCC(C4)N5)nn23)c(C(F)(F)F)n1. The Balaban J connectivity index is 1.44. The number of anilines is 2. The Hall–Kier alpha value is -3.08. The molecule has 2 atom stereocenters. The summed E-state index contributed by atoms with van der Waals surface area (Å²) in [5.74, 6) is 0.0574. The number of nitrogens with one attached hydrogen (secondary N) is 2. The third-order valence-electron chi connectivity index (χ3n) is 5.61. The number of fused-ring (bicyclic) bond motifs is 3. The molecule has 1 amide bonds. The maximum absolute atomic E-state index is 13.2. The standard InChI is InChI=1S/C19H20F3N7O/c1-27-10-14(17(26-27)19(20,21)22)24-18(30)15-6-4-13-5-7-16(25-29(13)15)28-8-11-2-3-12(9-28)23-11/h4-7,10-12,23H,2-3,8-9H2,1H3,(H,24,30). The van der Waals surface area contributed by atoms with Gasteiger partial charge in [-0.05, 0) is 37.1 Å². The van der Waals surface area contributed by atoms with Crippen LogP contribution >= 0.6 is 0 Å². The first-order valence-corrected chi connectivity index (χ1v) is 9.70. The van der Waals surface area contributed by atoms with Crippen LogP contribution in [0.5, 0.6) is 0 Å². The fourth-order valence-corrected chi connectivity index (χ4v) is 4.28. The van der Waals surface area contributed by atoms with Gasteiger partial charge in [0.1, 0.15) is 11.5 Å². The highest BCUT2D eigenvalue weighted by Gasteiger charge is 2.38. The molecule has 3 aromatic heterocycles. The molecule has 0 radical (unpaired) electrons. The topological polar surface area (TPSA) is 79.5 Å². The number of hydrogen-bond donors (Lipinski definition) is 2. The molecule has 2 fully saturated rings. The maximum atomic E-state index is 13.2. The highest BCUT2D eigenvalue weighted by atomic mass is 19.4.